The van der Waals surface area contributed by atoms with Crippen LogP contribution in [-0.2, 0) is 9.53 Å². The van der Waals surface area contributed by atoms with E-state index in [1.165, 1.54) is 11.1 Å². The van der Waals surface area contributed by atoms with Gasteiger partial charge in [-0.15, -0.1) is 0 Å². The minimum Gasteiger partial charge on any atom is -0.466 e. The van der Waals surface area contributed by atoms with Crippen LogP contribution in [0.5, 0.6) is 0 Å². The molecule has 4 rings (SSSR count). The molecule has 0 saturated heterocycles. The number of carbonyl (C=O) groups is 1. The fourth-order valence-electron chi connectivity index (χ4n) is 4.21. The Morgan fingerprint density at radius 2 is 0.971 bits per heavy atom. The third-order valence-electron chi connectivity index (χ3n) is 5.90. The van der Waals surface area contributed by atoms with Crippen molar-refractivity contribution in [3.63, 3.8) is 0 Å². The Morgan fingerprint density at radius 3 is 1.29 bits per heavy atom. The van der Waals surface area contributed by atoms with Gasteiger partial charge >= 0.3 is 5.97 Å². The first-order chi connectivity index (χ1) is 17.2. The van der Waals surface area contributed by atoms with Gasteiger partial charge in [0, 0.05) is 18.4 Å². The summed E-state index contributed by atoms with van der Waals surface area (Å²) in [5, 5.41) is 9.16. The van der Waals surface area contributed by atoms with Crippen molar-refractivity contribution in [1.29, 1.82) is 0 Å². The highest BCUT2D eigenvalue weighted by Gasteiger charge is 2.18. The minimum absolute atomic E-state index is 0.0569. The molecule has 0 aromatic heterocycles. The molecule has 3 heteroatoms. The van der Waals surface area contributed by atoms with Crippen LogP contribution in [0, 0.1) is 0 Å². The Balaban J connectivity index is 0.000000198. The predicted octanol–water partition coefficient (Wildman–Crippen LogP) is 6.97. The summed E-state index contributed by atoms with van der Waals surface area (Å²) in [6.45, 7) is 2.47. The summed E-state index contributed by atoms with van der Waals surface area (Å²) in [7, 11) is 0. The van der Waals surface area contributed by atoms with Gasteiger partial charge in [-0.1, -0.05) is 121 Å². The molecule has 1 N–H and O–H groups in total. The number of aliphatic hydroxyl groups is 1. The van der Waals surface area contributed by atoms with Crippen molar-refractivity contribution in [2.75, 3.05) is 13.2 Å². The average molecular weight is 467 g/mol. The lowest BCUT2D eigenvalue weighted by Crippen LogP contribution is -2.11. The summed E-state index contributed by atoms with van der Waals surface area (Å²) in [5.74, 6) is 0.203. The van der Waals surface area contributed by atoms with Crippen molar-refractivity contribution >= 4 is 5.97 Å². The van der Waals surface area contributed by atoms with E-state index in [0.29, 0.717) is 18.9 Å². The topological polar surface area (TPSA) is 46.5 Å². The van der Waals surface area contributed by atoms with Gasteiger partial charge in [-0.05, 0) is 35.6 Å². The summed E-state index contributed by atoms with van der Waals surface area (Å²) in [5.41, 5.74) is 4.81. The number of aliphatic hydroxyl groups excluding tert-OH is 1. The van der Waals surface area contributed by atoms with Crippen LogP contribution < -0.4 is 0 Å². The fraction of sp³-hybridized carbons (Fsp3) is 0.219. The number of benzene rings is 4. The summed E-state index contributed by atoms with van der Waals surface area (Å²) >= 11 is 0. The number of esters is 1. The minimum atomic E-state index is -0.153. The van der Waals surface area contributed by atoms with Crippen LogP contribution in [0.2, 0.25) is 0 Å². The first-order valence-electron chi connectivity index (χ1n) is 12.2. The maximum atomic E-state index is 11.8. The van der Waals surface area contributed by atoms with E-state index in [4.69, 9.17) is 9.84 Å². The molecule has 0 aliphatic heterocycles. The Morgan fingerprint density at radius 1 is 0.629 bits per heavy atom. The smallest absolute Gasteiger partial charge is 0.306 e. The predicted molar refractivity (Wildman–Crippen MR) is 142 cm³/mol. The van der Waals surface area contributed by atoms with Crippen molar-refractivity contribution in [2.45, 2.75) is 31.6 Å². The van der Waals surface area contributed by atoms with E-state index in [1.807, 2.05) is 79.7 Å². The molecule has 0 heterocycles. The summed E-state index contributed by atoms with van der Waals surface area (Å²) < 4.78 is 5.08. The molecule has 0 aliphatic rings. The van der Waals surface area contributed by atoms with Crippen molar-refractivity contribution < 1.29 is 14.6 Å². The van der Waals surface area contributed by atoms with Crippen molar-refractivity contribution in [2.24, 2.45) is 0 Å². The van der Waals surface area contributed by atoms with Gasteiger partial charge in [-0.3, -0.25) is 4.79 Å². The third kappa shape index (κ3) is 8.24. The Hall–Kier alpha value is -3.69. The summed E-state index contributed by atoms with van der Waals surface area (Å²) in [6.07, 6.45) is 1.15. The molecule has 180 valence electrons. The van der Waals surface area contributed by atoms with Crippen LogP contribution in [0.15, 0.2) is 121 Å². The van der Waals surface area contributed by atoms with Crippen LogP contribution in [0.1, 0.15) is 53.9 Å². The van der Waals surface area contributed by atoms with E-state index in [0.717, 1.165) is 17.5 Å². The van der Waals surface area contributed by atoms with Crippen molar-refractivity contribution in [1.82, 2.24) is 0 Å². The fourth-order valence-corrected chi connectivity index (χ4v) is 4.21. The molecule has 4 aromatic carbocycles. The second-order valence-electron chi connectivity index (χ2n) is 8.27. The third-order valence-corrected chi connectivity index (χ3v) is 5.90. The SMILES string of the molecule is CCOC(=O)CC(c1ccccc1)c1ccccc1.OCCC(c1ccccc1)c1ccccc1. The molecule has 0 atom stereocenters. The zero-order chi connectivity index (χ0) is 24.7. The molecular weight excluding hydrogens is 432 g/mol. The maximum Gasteiger partial charge on any atom is 0.306 e. The number of carbonyl (C=O) groups excluding carboxylic acids is 1. The van der Waals surface area contributed by atoms with E-state index < -0.39 is 0 Å². The van der Waals surface area contributed by atoms with Gasteiger partial charge in [0.05, 0.1) is 13.0 Å². The van der Waals surface area contributed by atoms with Crippen molar-refractivity contribution in [3.05, 3.63) is 144 Å². The number of hydrogen-bond donors (Lipinski definition) is 1. The highest BCUT2D eigenvalue weighted by Crippen LogP contribution is 2.28. The maximum absolute atomic E-state index is 11.8. The zero-order valence-corrected chi connectivity index (χ0v) is 20.3. The number of hydrogen-bond acceptors (Lipinski definition) is 3. The molecule has 0 aliphatic carbocycles. The molecule has 0 fully saturated rings. The standard InChI is InChI=1S/C17H18O2.C15H16O/c1-2-19-17(18)13-16(14-9-5-3-6-10-14)15-11-7-4-8-12-15;16-12-11-15(13-7-3-1-4-8-13)14-9-5-2-6-10-14/h3-12,16H,2,13H2,1H3;1-10,15-16H,11-12H2. The lowest BCUT2D eigenvalue weighted by atomic mass is 9.89. The summed E-state index contributed by atoms with van der Waals surface area (Å²) in [6, 6.07) is 40.8. The quantitative estimate of drug-likeness (QED) is 0.271. The molecule has 0 unspecified atom stereocenters. The number of rotatable bonds is 9. The van der Waals surface area contributed by atoms with Crippen LogP contribution >= 0.6 is 0 Å². The van der Waals surface area contributed by atoms with Crippen LogP contribution in [0.4, 0.5) is 0 Å². The molecule has 0 amide bonds. The molecule has 3 nitrogen and oxygen atoms in total. The lowest BCUT2D eigenvalue weighted by Gasteiger charge is -2.17. The molecule has 0 bridgehead atoms. The first kappa shape index (κ1) is 25.9. The second kappa shape index (κ2) is 14.5. The molecular formula is C32H34O3. The van der Waals surface area contributed by atoms with E-state index >= 15 is 0 Å². The first-order valence-corrected chi connectivity index (χ1v) is 12.2. The van der Waals surface area contributed by atoms with Crippen LogP contribution in [-0.4, -0.2) is 24.3 Å². The lowest BCUT2D eigenvalue weighted by molar-refractivity contribution is -0.143. The van der Waals surface area contributed by atoms with E-state index in [9.17, 15) is 4.79 Å². The van der Waals surface area contributed by atoms with E-state index in [-0.39, 0.29) is 18.5 Å². The normalized spacial score (nSPS) is 10.5. The van der Waals surface area contributed by atoms with Gasteiger partial charge in [0.2, 0.25) is 0 Å². The van der Waals surface area contributed by atoms with Gasteiger partial charge in [-0.25, -0.2) is 0 Å². The molecule has 4 aromatic rings. The van der Waals surface area contributed by atoms with Gasteiger partial charge < -0.3 is 9.84 Å². The molecule has 0 spiro atoms. The molecule has 0 radical (unpaired) electrons. The monoisotopic (exact) mass is 466 g/mol. The zero-order valence-electron chi connectivity index (χ0n) is 20.3. The van der Waals surface area contributed by atoms with Gasteiger partial charge in [0.1, 0.15) is 0 Å². The number of ether oxygens (including phenoxy) is 1. The van der Waals surface area contributed by atoms with E-state index in [1.54, 1.807) is 0 Å². The largest absolute Gasteiger partial charge is 0.466 e. The van der Waals surface area contributed by atoms with Crippen molar-refractivity contribution in [3.8, 4) is 0 Å². The van der Waals surface area contributed by atoms with E-state index in [2.05, 4.69) is 48.5 Å². The van der Waals surface area contributed by atoms with Gasteiger partial charge in [0.25, 0.3) is 0 Å². The Kier molecular flexibility index (Phi) is 10.8. The Labute approximate surface area is 209 Å². The Bertz CT molecular complexity index is 1020. The van der Waals surface area contributed by atoms with Crippen LogP contribution in [0.3, 0.4) is 0 Å². The molecule has 0 saturated carbocycles. The second-order valence-corrected chi connectivity index (χ2v) is 8.27. The molecule has 35 heavy (non-hydrogen) atoms. The summed E-state index contributed by atoms with van der Waals surface area (Å²) in [4.78, 5) is 11.8. The van der Waals surface area contributed by atoms with Gasteiger partial charge in [-0.2, -0.15) is 0 Å². The average Bonchev–Trinajstić information content (AvgIpc) is 2.93. The highest BCUT2D eigenvalue weighted by molar-refractivity contribution is 5.71. The van der Waals surface area contributed by atoms with Crippen LogP contribution in [0.25, 0.3) is 0 Å². The highest BCUT2D eigenvalue weighted by atomic mass is 16.5. The van der Waals surface area contributed by atoms with Gasteiger partial charge in [0.15, 0.2) is 0 Å².